The van der Waals surface area contributed by atoms with Crippen molar-refractivity contribution in [1.29, 1.82) is 0 Å². The number of imide groups is 1. The number of nitrogens with zero attached hydrogens (tertiary/aromatic N) is 2. The van der Waals surface area contributed by atoms with Crippen molar-refractivity contribution in [2.24, 2.45) is 4.99 Å². The van der Waals surface area contributed by atoms with E-state index in [1.807, 2.05) is 30.3 Å². The van der Waals surface area contributed by atoms with E-state index >= 15 is 0 Å². The summed E-state index contributed by atoms with van der Waals surface area (Å²) in [6.07, 6.45) is 0.546. The van der Waals surface area contributed by atoms with Crippen molar-refractivity contribution >= 4 is 18.2 Å². The highest BCUT2D eigenvalue weighted by atomic mass is 16.7. The van der Waals surface area contributed by atoms with E-state index in [1.165, 1.54) is 0 Å². The van der Waals surface area contributed by atoms with Crippen LogP contribution in [0.2, 0.25) is 0 Å². The molecule has 1 saturated heterocycles. The summed E-state index contributed by atoms with van der Waals surface area (Å²) in [5.74, 6) is -0.701. The van der Waals surface area contributed by atoms with Crippen molar-refractivity contribution < 1.29 is 19.0 Å². The fourth-order valence-electron chi connectivity index (χ4n) is 1.73. The van der Waals surface area contributed by atoms with Crippen molar-refractivity contribution in [2.75, 3.05) is 19.7 Å². The lowest BCUT2D eigenvalue weighted by Gasteiger charge is -2.28. The van der Waals surface area contributed by atoms with Crippen molar-refractivity contribution in [1.82, 2.24) is 0 Å². The fraction of sp³-hybridized carbons (Fsp3) is 0.308. The highest BCUT2D eigenvalue weighted by molar-refractivity contribution is 5.83. The lowest BCUT2D eigenvalue weighted by molar-refractivity contribution is -0.710. The van der Waals surface area contributed by atoms with Gasteiger partial charge in [0.05, 0.1) is 13.0 Å². The normalized spacial score (nSPS) is 22.7. The predicted molar refractivity (Wildman–Crippen MR) is 68.4 cm³/mol. The first-order chi connectivity index (χ1) is 9.13. The molecule has 0 aliphatic carbocycles. The van der Waals surface area contributed by atoms with Gasteiger partial charge in [0, 0.05) is 6.21 Å². The molecule has 0 saturated carbocycles. The number of aliphatic imine (C=N–C) groups is 1. The lowest BCUT2D eigenvalue weighted by atomic mass is 10.2. The van der Waals surface area contributed by atoms with Gasteiger partial charge in [0.25, 0.3) is 0 Å². The molecule has 2 rings (SSSR count). The van der Waals surface area contributed by atoms with Crippen LogP contribution in [0.4, 0.5) is 4.79 Å². The van der Waals surface area contributed by atoms with E-state index in [9.17, 15) is 14.8 Å². The second-order valence-electron chi connectivity index (χ2n) is 4.17. The number of benzene rings is 1. The number of carbonyl (C=O) groups is 2. The minimum atomic E-state index is -1.51. The van der Waals surface area contributed by atoms with Crippen molar-refractivity contribution in [3.8, 4) is 0 Å². The van der Waals surface area contributed by atoms with E-state index in [4.69, 9.17) is 0 Å². The topological polar surface area (TPSA) is 78.8 Å². The molecule has 6 heteroatoms. The zero-order chi connectivity index (χ0) is 13.7. The largest absolute Gasteiger partial charge is 0.615 e. The molecule has 1 unspecified atom stereocenters. The average Bonchev–Trinajstić information content (AvgIpc) is 2.77. The standard InChI is InChI=1S/C13H14N2O4/c16-12(15(18)8-9-19-13(15)17)6-7-14-10-11-4-2-1-3-5-11/h1-5,10H,6-9H2. The molecule has 1 heterocycles. The molecule has 0 bridgehead atoms. The fourth-order valence-corrected chi connectivity index (χ4v) is 1.73. The average molecular weight is 262 g/mol. The Morgan fingerprint density at radius 3 is 2.79 bits per heavy atom. The Morgan fingerprint density at radius 2 is 2.16 bits per heavy atom. The van der Waals surface area contributed by atoms with Crippen LogP contribution in [0, 0.1) is 5.21 Å². The Bertz CT molecular complexity index is 501. The number of cyclic esters (lactones) is 1. The molecule has 1 atom stereocenters. The van der Waals surface area contributed by atoms with Gasteiger partial charge in [-0.05, 0) is 5.56 Å². The quantitative estimate of drug-likeness (QED) is 0.468. The zero-order valence-corrected chi connectivity index (χ0v) is 10.3. The number of hydrogen-bond donors (Lipinski definition) is 0. The molecular formula is C13H14N2O4. The molecule has 1 aromatic rings. The van der Waals surface area contributed by atoms with Crippen LogP contribution in [0.15, 0.2) is 35.3 Å². The van der Waals surface area contributed by atoms with Crippen LogP contribution in [-0.4, -0.2) is 42.6 Å². The van der Waals surface area contributed by atoms with Crippen LogP contribution in [-0.2, 0) is 9.53 Å². The maximum absolute atomic E-state index is 11.9. The summed E-state index contributed by atoms with van der Waals surface area (Å²) in [6, 6.07) is 9.41. The van der Waals surface area contributed by atoms with Crippen molar-refractivity contribution in [2.45, 2.75) is 6.42 Å². The first-order valence-electron chi connectivity index (χ1n) is 5.97. The van der Waals surface area contributed by atoms with Crippen LogP contribution in [0.5, 0.6) is 0 Å². The van der Waals surface area contributed by atoms with Gasteiger partial charge in [-0.25, -0.2) is 4.79 Å². The van der Waals surface area contributed by atoms with Gasteiger partial charge in [0.15, 0.2) is 0 Å². The summed E-state index contributed by atoms with van der Waals surface area (Å²) in [6.45, 7) is 0.0463. The summed E-state index contributed by atoms with van der Waals surface area (Å²) in [5.41, 5.74) is 0.918. The van der Waals surface area contributed by atoms with Gasteiger partial charge in [0.1, 0.15) is 13.2 Å². The molecule has 0 aromatic heterocycles. The van der Waals surface area contributed by atoms with Crippen molar-refractivity contribution in [3.05, 3.63) is 41.1 Å². The molecular weight excluding hydrogens is 248 g/mol. The number of rotatable bonds is 4. The number of hydrogen-bond acceptors (Lipinski definition) is 5. The monoisotopic (exact) mass is 262 g/mol. The summed E-state index contributed by atoms with van der Waals surface area (Å²) < 4.78 is 3.01. The van der Waals surface area contributed by atoms with Crippen LogP contribution >= 0.6 is 0 Å². The van der Waals surface area contributed by atoms with Crippen LogP contribution in [0.1, 0.15) is 12.0 Å². The minimum Gasteiger partial charge on any atom is -0.615 e. The van der Waals surface area contributed by atoms with Crippen LogP contribution < -0.4 is 0 Å². The number of carbonyl (C=O) groups excluding carboxylic acids is 2. The number of hydroxylamine groups is 3. The van der Waals surface area contributed by atoms with Gasteiger partial charge in [0.2, 0.25) is 0 Å². The van der Waals surface area contributed by atoms with E-state index in [0.29, 0.717) is 0 Å². The molecule has 0 spiro atoms. The smallest absolute Gasteiger partial charge is 0.524 e. The molecule has 0 radical (unpaired) electrons. The molecule has 1 aliphatic rings. The highest BCUT2D eigenvalue weighted by Gasteiger charge is 2.42. The Labute approximate surface area is 110 Å². The number of quaternary nitrogens is 1. The minimum absolute atomic E-state index is 0.00135. The molecule has 19 heavy (non-hydrogen) atoms. The molecule has 100 valence electrons. The van der Waals surface area contributed by atoms with Crippen LogP contribution in [0.3, 0.4) is 0 Å². The number of amides is 2. The Morgan fingerprint density at radius 1 is 1.42 bits per heavy atom. The zero-order valence-electron chi connectivity index (χ0n) is 10.3. The second-order valence-corrected chi connectivity index (χ2v) is 4.17. The maximum atomic E-state index is 11.9. The Kier molecular flexibility index (Phi) is 4.03. The van der Waals surface area contributed by atoms with E-state index < -0.39 is 16.6 Å². The Hall–Kier alpha value is -2.05. The van der Waals surface area contributed by atoms with E-state index in [1.54, 1.807) is 6.21 Å². The maximum Gasteiger partial charge on any atom is 0.524 e. The van der Waals surface area contributed by atoms with E-state index in [-0.39, 0.29) is 26.1 Å². The van der Waals surface area contributed by atoms with Gasteiger partial charge in [-0.15, -0.1) is 0 Å². The Balaban J connectivity index is 1.85. The van der Waals surface area contributed by atoms with Gasteiger partial charge in [-0.2, -0.15) is 9.44 Å². The molecule has 6 nitrogen and oxygen atoms in total. The van der Waals surface area contributed by atoms with E-state index in [2.05, 4.69) is 9.73 Å². The molecule has 1 aromatic carbocycles. The van der Waals surface area contributed by atoms with Gasteiger partial charge < -0.3 is 9.94 Å². The van der Waals surface area contributed by atoms with Gasteiger partial charge in [-0.3, -0.25) is 4.99 Å². The summed E-state index contributed by atoms with van der Waals surface area (Å²) >= 11 is 0. The van der Waals surface area contributed by atoms with Crippen LogP contribution in [0.25, 0.3) is 0 Å². The molecule has 0 N–H and O–H groups in total. The lowest BCUT2D eigenvalue weighted by Crippen LogP contribution is -2.48. The first kappa shape index (κ1) is 13.4. The van der Waals surface area contributed by atoms with Crippen molar-refractivity contribution in [3.63, 3.8) is 0 Å². The third-order valence-electron chi connectivity index (χ3n) is 2.82. The van der Waals surface area contributed by atoms with Gasteiger partial charge >= 0.3 is 12.0 Å². The third-order valence-corrected chi connectivity index (χ3v) is 2.82. The highest BCUT2D eigenvalue weighted by Crippen LogP contribution is 2.16. The molecule has 1 fully saturated rings. The second kappa shape index (κ2) is 5.73. The summed E-state index contributed by atoms with van der Waals surface area (Å²) in [5, 5.41) is 11.9. The third kappa shape index (κ3) is 3.04. The van der Waals surface area contributed by atoms with Gasteiger partial charge in [-0.1, -0.05) is 30.3 Å². The molecule has 2 amide bonds. The first-order valence-corrected chi connectivity index (χ1v) is 5.97. The van der Waals surface area contributed by atoms with E-state index in [0.717, 1.165) is 5.56 Å². The number of ether oxygens (including phenoxy) is 1. The summed E-state index contributed by atoms with van der Waals surface area (Å²) in [4.78, 5) is 26.9. The predicted octanol–water partition coefficient (Wildman–Crippen LogP) is 1.49. The molecule has 1 aliphatic heterocycles. The summed E-state index contributed by atoms with van der Waals surface area (Å²) in [7, 11) is 0. The SMILES string of the molecule is O=C(CCN=Cc1ccccc1)[N+]1([O-])CCOC1=O.